The Morgan fingerprint density at radius 1 is 0.947 bits per heavy atom. The van der Waals surface area contributed by atoms with Gasteiger partial charge in [-0.2, -0.15) is 0 Å². The molecule has 3 unspecified atom stereocenters. The minimum absolute atomic E-state index is 0.201. The van der Waals surface area contributed by atoms with E-state index in [2.05, 4.69) is 37.5 Å². The second kappa shape index (κ2) is 15.1. The predicted molar refractivity (Wildman–Crippen MR) is 155 cm³/mol. The standard InChI is InChI=1S/C31H53N3O4/c1-12-13-16-32-28(35)27(25-18-22(6)17-23(7)19-25)34(24(8)15-14-20(2)3)29(36)26(21(4)5)33-30(37)38-31(9,10)11/h17-21,24,26-27H,12-16H2,1-11H3,(H,32,35)(H,33,37). The number of rotatable bonds is 13. The Morgan fingerprint density at radius 3 is 2.00 bits per heavy atom. The summed E-state index contributed by atoms with van der Waals surface area (Å²) in [6.45, 7) is 22.1. The topological polar surface area (TPSA) is 87.7 Å². The summed E-state index contributed by atoms with van der Waals surface area (Å²) in [6.07, 6.45) is 2.82. The molecule has 0 saturated heterocycles. The zero-order valence-corrected chi connectivity index (χ0v) is 25.7. The van der Waals surface area contributed by atoms with Crippen LogP contribution < -0.4 is 10.6 Å². The number of unbranched alkanes of at least 4 members (excludes halogenated alkanes) is 1. The lowest BCUT2D eigenvalue weighted by Crippen LogP contribution is -2.57. The first-order chi connectivity index (χ1) is 17.6. The molecule has 1 aromatic rings. The van der Waals surface area contributed by atoms with E-state index in [4.69, 9.17) is 4.74 Å². The molecule has 0 heterocycles. The van der Waals surface area contributed by atoms with E-state index < -0.39 is 23.8 Å². The Hall–Kier alpha value is -2.57. The van der Waals surface area contributed by atoms with Crippen molar-refractivity contribution >= 4 is 17.9 Å². The Morgan fingerprint density at radius 2 is 1.53 bits per heavy atom. The maximum absolute atomic E-state index is 14.4. The molecule has 0 fully saturated rings. The van der Waals surface area contributed by atoms with Crippen molar-refractivity contribution in [3.63, 3.8) is 0 Å². The zero-order valence-electron chi connectivity index (χ0n) is 25.7. The number of carbonyl (C=O) groups excluding carboxylic acids is 3. The lowest BCUT2D eigenvalue weighted by Gasteiger charge is -2.39. The SMILES string of the molecule is CCCCNC(=O)C(c1cc(C)cc(C)c1)N(C(=O)C(NC(=O)OC(C)(C)C)C(C)C)C(C)CCC(C)C. The molecular formula is C31H53N3O4. The summed E-state index contributed by atoms with van der Waals surface area (Å²) in [6, 6.07) is 4.14. The highest BCUT2D eigenvalue weighted by Gasteiger charge is 2.40. The molecule has 0 radical (unpaired) electrons. The first-order valence-electron chi connectivity index (χ1n) is 14.2. The summed E-state index contributed by atoms with van der Waals surface area (Å²) in [5.74, 6) is -0.240. The number of nitrogens with zero attached hydrogens (tertiary/aromatic N) is 1. The third kappa shape index (κ3) is 11.0. The third-order valence-corrected chi connectivity index (χ3v) is 6.41. The summed E-state index contributed by atoms with van der Waals surface area (Å²) >= 11 is 0. The average molecular weight is 532 g/mol. The average Bonchev–Trinajstić information content (AvgIpc) is 2.76. The van der Waals surface area contributed by atoms with Gasteiger partial charge in [-0.3, -0.25) is 9.59 Å². The molecule has 0 aliphatic carbocycles. The second-order valence-electron chi connectivity index (χ2n) is 12.4. The molecule has 7 nitrogen and oxygen atoms in total. The number of amides is 3. The van der Waals surface area contributed by atoms with Crippen molar-refractivity contribution in [2.75, 3.05) is 6.54 Å². The lowest BCUT2D eigenvalue weighted by atomic mass is 9.93. The van der Waals surface area contributed by atoms with E-state index in [-0.39, 0.29) is 23.8 Å². The third-order valence-electron chi connectivity index (χ3n) is 6.41. The fourth-order valence-corrected chi connectivity index (χ4v) is 4.51. The van der Waals surface area contributed by atoms with Gasteiger partial charge in [-0.25, -0.2) is 4.79 Å². The number of carbonyl (C=O) groups is 3. The number of aryl methyl sites for hydroxylation is 2. The van der Waals surface area contributed by atoms with Crippen LogP contribution in [0.5, 0.6) is 0 Å². The van der Waals surface area contributed by atoms with Gasteiger partial charge in [0.1, 0.15) is 17.7 Å². The second-order valence-corrected chi connectivity index (χ2v) is 12.4. The molecular weight excluding hydrogens is 478 g/mol. The molecule has 0 spiro atoms. The van der Waals surface area contributed by atoms with E-state index in [1.807, 2.05) is 46.8 Å². The van der Waals surface area contributed by atoms with Crippen LogP contribution in [-0.4, -0.2) is 47.0 Å². The summed E-state index contributed by atoms with van der Waals surface area (Å²) in [4.78, 5) is 42.6. The van der Waals surface area contributed by atoms with E-state index in [1.54, 1.807) is 25.7 Å². The van der Waals surface area contributed by atoms with Crippen LogP contribution in [-0.2, 0) is 14.3 Å². The van der Waals surface area contributed by atoms with Crippen molar-refractivity contribution in [2.45, 2.75) is 126 Å². The molecule has 1 aromatic carbocycles. The van der Waals surface area contributed by atoms with Crippen LogP contribution in [0.25, 0.3) is 0 Å². The minimum Gasteiger partial charge on any atom is -0.444 e. The first kappa shape index (κ1) is 33.5. The van der Waals surface area contributed by atoms with Crippen LogP contribution in [0, 0.1) is 25.7 Å². The Bertz CT molecular complexity index is 900. The van der Waals surface area contributed by atoms with Gasteiger partial charge in [0.15, 0.2) is 0 Å². The summed E-state index contributed by atoms with van der Waals surface area (Å²) in [5.41, 5.74) is 2.14. The van der Waals surface area contributed by atoms with Crippen molar-refractivity contribution in [2.24, 2.45) is 11.8 Å². The molecule has 1 rings (SSSR count). The van der Waals surface area contributed by atoms with Gasteiger partial charge in [0.05, 0.1) is 0 Å². The molecule has 0 aliphatic heterocycles. The van der Waals surface area contributed by atoms with Crippen LogP contribution in [0.3, 0.4) is 0 Å². The Balaban J connectivity index is 3.63. The Labute approximate surface area is 231 Å². The fourth-order valence-electron chi connectivity index (χ4n) is 4.51. The molecule has 3 atom stereocenters. The van der Waals surface area contributed by atoms with Gasteiger partial charge in [-0.15, -0.1) is 0 Å². The van der Waals surface area contributed by atoms with E-state index in [1.165, 1.54) is 0 Å². The van der Waals surface area contributed by atoms with Crippen LogP contribution in [0.4, 0.5) is 4.79 Å². The van der Waals surface area contributed by atoms with Gasteiger partial charge < -0.3 is 20.3 Å². The summed E-state index contributed by atoms with van der Waals surface area (Å²) in [7, 11) is 0. The highest BCUT2D eigenvalue weighted by Crippen LogP contribution is 2.30. The minimum atomic E-state index is -0.844. The van der Waals surface area contributed by atoms with Crippen LogP contribution in [0.1, 0.15) is 111 Å². The van der Waals surface area contributed by atoms with Gasteiger partial charge in [-0.1, -0.05) is 70.4 Å². The number of benzene rings is 1. The predicted octanol–water partition coefficient (Wildman–Crippen LogP) is 6.46. The molecule has 0 bridgehead atoms. The highest BCUT2D eigenvalue weighted by atomic mass is 16.6. The monoisotopic (exact) mass is 531 g/mol. The van der Waals surface area contributed by atoms with Crippen LogP contribution in [0.15, 0.2) is 18.2 Å². The molecule has 216 valence electrons. The van der Waals surface area contributed by atoms with E-state index in [0.29, 0.717) is 12.5 Å². The van der Waals surface area contributed by atoms with Gasteiger partial charge in [-0.05, 0) is 78.2 Å². The molecule has 2 N–H and O–H groups in total. The van der Waals surface area contributed by atoms with Crippen molar-refractivity contribution in [3.8, 4) is 0 Å². The van der Waals surface area contributed by atoms with E-state index >= 15 is 0 Å². The quantitative estimate of drug-likeness (QED) is 0.286. The first-order valence-corrected chi connectivity index (χ1v) is 14.2. The van der Waals surface area contributed by atoms with Gasteiger partial charge in [0.25, 0.3) is 0 Å². The zero-order chi connectivity index (χ0) is 29.2. The van der Waals surface area contributed by atoms with Crippen molar-refractivity contribution < 1.29 is 19.1 Å². The normalized spacial score (nSPS) is 14.1. The summed E-state index contributed by atoms with van der Waals surface area (Å²) < 4.78 is 5.48. The van der Waals surface area contributed by atoms with E-state index in [0.717, 1.165) is 42.4 Å². The maximum Gasteiger partial charge on any atom is 0.408 e. The lowest BCUT2D eigenvalue weighted by molar-refractivity contribution is -0.146. The van der Waals surface area contributed by atoms with Crippen LogP contribution >= 0.6 is 0 Å². The fraction of sp³-hybridized carbons (Fsp3) is 0.710. The molecule has 0 aliphatic rings. The Kier molecular flexibility index (Phi) is 13.3. The molecule has 38 heavy (non-hydrogen) atoms. The number of nitrogens with one attached hydrogen (secondary N) is 2. The number of hydrogen-bond acceptors (Lipinski definition) is 4. The van der Waals surface area contributed by atoms with Crippen molar-refractivity contribution in [1.82, 2.24) is 15.5 Å². The van der Waals surface area contributed by atoms with Crippen LogP contribution in [0.2, 0.25) is 0 Å². The smallest absolute Gasteiger partial charge is 0.408 e. The number of ether oxygens (including phenoxy) is 1. The molecule has 0 saturated carbocycles. The van der Waals surface area contributed by atoms with Crippen molar-refractivity contribution in [1.29, 1.82) is 0 Å². The summed E-state index contributed by atoms with van der Waals surface area (Å²) in [5, 5.41) is 5.88. The van der Waals surface area contributed by atoms with Gasteiger partial charge in [0.2, 0.25) is 11.8 Å². The molecule has 7 heteroatoms. The molecule has 3 amide bonds. The van der Waals surface area contributed by atoms with Crippen molar-refractivity contribution in [3.05, 3.63) is 34.9 Å². The van der Waals surface area contributed by atoms with E-state index in [9.17, 15) is 14.4 Å². The molecule has 0 aromatic heterocycles. The highest BCUT2D eigenvalue weighted by molar-refractivity contribution is 5.92. The van der Waals surface area contributed by atoms with Gasteiger partial charge in [0, 0.05) is 12.6 Å². The largest absolute Gasteiger partial charge is 0.444 e. The number of hydrogen-bond donors (Lipinski definition) is 2. The van der Waals surface area contributed by atoms with Gasteiger partial charge >= 0.3 is 6.09 Å². The number of alkyl carbamates (subject to hydrolysis) is 1. The maximum atomic E-state index is 14.4.